The summed E-state index contributed by atoms with van der Waals surface area (Å²) in [4.78, 5) is 14.6. The van der Waals surface area contributed by atoms with Crippen molar-refractivity contribution in [3.05, 3.63) is 35.4 Å². The molecule has 1 aliphatic heterocycles. The van der Waals surface area contributed by atoms with Gasteiger partial charge in [-0.3, -0.25) is 4.79 Å². The van der Waals surface area contributed by atoms with E-state index in [1.54, 1.807) is 0 Å². The zero-order valence-electron chi connectivity index (χ0n) is 14.2. The summed E-state index contributed by atoms with van der Waals surface area (Å²) in [7, 11) is 0. The first-order chi connectivity index (χ1) is 10.5. The van der Waals surface area contributed by atoms with Crippen molar-refractivity contribution < 1.29 is 4.79 Å². The Balaban J connectivity index is 2.01. The van der Waals surface area contributed by atoms with Crippen molar-refractivity contribution in [2.45, 2.75) is 52.5 Å². The standard InChI is InChI=1S/C19H30N2O/c1-4-17(5-2)19(22)21-12-16(11-18(20)13-21)10-15-8-6-14(3)7-9-15/h6-9,16-18H,4-5,10-13,20H2,1-3H3. The summed E-state index contributed by atoms with van der Waals surface area (Å²) in [6, 6.07) is 8.82. The molecule has 1 amide bonds. The molecule has 3 nitrogen and oxygen atoms in total. The lowest BCUT2D eigenvalue weighted by atomic mass is 9.88. The fraction of sp³-hybridized carbons (Fsp3) is 0.632. The lowest BCUT2D eigenvalue weighted by molar-refractivity contribution is -0.138. The van der Waals surface area contributed by atoms with Crippen molar-refractivity contribution >= 4 is 5.91 Å². The van der Waals surface area contributed by atoms with E-state index in [2.05, 4.69) is 45.0 Å². The smallest absolute Gasteiger partial charge is 0.225 e. The Bertz CT molecular complexity index is 479. The highest BCUT2D eigenvalue weighted by atomic mass is 16.2. The van der Waals surface area contributed by atoms with Gasteiger partial charge in [0.05, 0.1) is 0 Å². The van der Waals surface area contributed by atoms with Gasteiger partial charge in [0.15, 0.2) is 0 Å². The molecule has 0 bridgehead atoms. The van der Waals surface area contributed by atoms with E-state index >= 15 is 0 Å². The molecule has 1 heterocycles. The number of carbonyl (C=O) groups is 1. The number of benzene rings is 1. The molecule has 1 aromatic carbocycles. The fourth-order valence-corrected chi connectivity index (χ4v) is 3.53. The van der Waals surface area contributed by atoms with Crippen LogP contribution in [-0.2, 0) is 11.2 Å². The Morgan fingerprint density at radius 2 is 1.86 bits per heavy atom. The molecule has 1 aromatic rings. The predicted octanol–water partition coefficient (Wildman–Crippen LogP) is 3.15. The zero-order valence-corrected chi connectivity index (χ0v) is 14.2. The molecular formula is C19H30N2O. The summed E-state index contributed by atoms with van der Waals surface area (Å²) in [5.41, 5.74) is 8.85. The minimum Gasteiger partial charge on any atom is -0.341 e. The van der Waals surface area contributed by atoms with Gasteiger partial charge in [-0.25, -0.2) is 0 Å². The summed E-state index contributed by atoms with van der Waals surface area (Å²) in [5.74, 6) is 0.934. The topological polar surface area (TPSA) is 46.3 Å². The van der Waals surface area contributed by atoms with E-state index in [-0.39, 0.29) is 12.0 Å². The van der Waals surface area contributed by atoms with Gasteiger partial charge in [0, 0.05) is 25.0 Å². The molecular weight excluding hydrogens is 272 g/mol. The van der Waals surface area contributed by atoms with Crippen molar-refractivity contribution in [2.24, 2.45) is 17.6 Å². The maximum Gasteiger partial charge on any atom is 0.225 e. The van der Waals surface area contributed by atoms with Gasteiger partial charge in [0.25, 0.3) is 0 Å². The summed E-state index contributed by atoms with van der Waals surface area (Å²) in [6.07, 6.45) is 3.87. The van der Waals surface area contributed by atoms with Crippen LogP contribution < -0.4 is 5.73 Å². The third-order valence-corrected chi connectivity index (χ3v) is 4.86. The SMILES string of the molecule is CCC(CC)C(=O)N1CC(N)CC(Cc2ccc(C)cc2)C1. The lowest BCUT2D eigenvalue weighted by Crippen LogP contribution is -2.51. The van der Waals surface area contributed by atoms with Crippen molar-refractivity contribution in [1.29, 1.82) is 0 Å². The fourth-order valence-electron chi connectivity index (χ4n) is 3.53. The van der Waals surface area contributed by atoms with Crippen LogP contribution >= 0.6 is 0 Å². The first kappa shape index (κ1) is 17.0. The number of rotatable bonds is 5. The largest absolute Gasteiger partial charge is 0.341 e. The van der Waals surface area contributed by atoms with Gasteiger partial charge in [-0.05, 0) is 44.1 Å². The Labute approximate surface area is 134 Å². The Morgan fingerprint density at radius 1 is 1.23 bits per heavy atom. The number of hydrogen-bond donors (Lipinski definition) is 1. The second-order valence-electron chi connectivity index (χ2n) is 6.81. The molecule has 3 heteroatoms. The van der Waals surface area contributed by atoms with Crippen LogP contribution in [0.15, 0.2) is 24.3 Å². The average Bonchev–Trinajstić information content (AvgIpc) is 2.50. The van der Waals surface area contributed by atoms with Crippen molar-refractivity contribution in [2.75, 3.05) is 13.1 Å². The summed E-state index contributed by atoms with van der Waals surface area (Å²) >= 11 is 0. The first-order valence-corrected chi connectivity index (χ1v) is 8.63. The molecule has 0 radical (unpaired) electrons. The Hall–Kier alpha value is -1.35. The van der Waals surface area contributed by atoms with Crippen LogP contribution in [0.2, 0.25) is 0 Å². The van der Waals surface area contributed by atoms with Crippen LogP contribution in [-0.4, -0.2) is 29.9 Å². The lowest BCUT2D eigenvalue weighted by Gasteiger charge is -2.38. The first-order valence-electron chi connectivity index (χ1n) is 8.63. The van der Waals surface area contributed by atoms with Crippen LogP contribution in [0.5, 0.6) is 0 Å². The van der Waals surface area contributed by atoms with Crippen LogP contribution in [0, 0.1) is 18.8 Å². The monoisotopic (exact) mass is 302 g/mol. The van der Waals surface area contributed by atoms with Gasteiger partial charge in [-0.15, -0.1) is 0 Å². The maximum atomic E-state index is 12.6. The molecule has 2 rings (SSSR count). The minimum atomic E-state index is 0.113. The van der Waals surface area contributed by atoms with Crippen LogP contribution in [0.3, 0.4) is 0 Å². The highest BCUT2D eigenvalue weighted by molar-refractivity contribution is 5.79. The summed E-state index contributed by atoms with van der Waals surface area (Å²) in [6.45, 7) is 7.88. The molecule has 122 valence electrons. The van der Waals surface area contributed by atoms with Gasteiger partial charge in [-0.1, -0.05) is 43.7 Å². The quantitative estimate of drug-likeness (QED) is 0.908. The van der Waals surface area contributed by atoms with E-state index in [0.717, 1.165) is 38.8 Å². The molecule has 22 heavy (non-hydrogen) atoms. The Morgan fingerprint density at radius 3 is 2.45 bits per heavy atom. The van der Waals surface area contributed by atoms with Gasteiger partial charge in [-0.2, -0.15) is 0 Å². The molecule has 1 fully saturated rings. The van der Waals surface area contributed by atoms with E-state index in [1.165, 1.54) is 11.1 Å². The number of likely N-dealkylation sites (tertiary alicyclic amines) is 1. The number of hydrogen-bond acceptors (Lipinski definition) is 2. The van der Waals surface area contributed by atoms with E-state index in [9.17, 15) is 4.79 Å². The van der Waals surface area contributed by atoms with Crippen molar-refractivity contribution in [1.82, 2.24) is 4.90 Å². The predicted molar refractivity (Wildman–Crippen MR) is 91.6 cm³/mol. The molecule has 2 atom stereocenters. The van der Waals surface area contributed by atoms with Gasteiger partial charge < -0.3 is 10.6 Å². The number of nitrogens with two attached hydrogens (primary N) is 1. The maximum absolute atomic E-state index is 12.6. The third kappa shape index (κ3) is 4.33. The van der Waals surface area contributed by atoms with Gasteiger partial charge in [0.2, 0.25) is 5.91 Å². The normalized spacial score (nSPS) is 22.1. The van der Waals surface area contributed by atoms with Crippen LogP contribution in [0.4, 0.5) is 0 Å². The molecule has 2 unspecified atom stereocenters. The number of nitrogens with zero attached hydrogens (tertiary/aromatic N) is 1. The molecule has 0 aromatic heterocycles. The molecule has 0 saturated carbocycles. The van der Waals surface area contributed by atoms with E-state index in [0.29, 0.717) is 11.8 Å². The van der Waals surface area contributed by atoms with Crippen molar-refractivity contribution in [3.8, 4) is 0 Å². The van der Waals surface area contributed by atoms with E-state index in [1.807, 2.05) is 4.90 Å². The molecule has 0 aliphatic carbocycles. The van der Waals surface area contributed by atoms with Crippen LogP contribution in [0.25, 0.3) is 0 Å². The average molecular weight is 302 g/mol. The molecule has 0 spiro atoms. The highest BCUT2D eigenvalue weighted by Crippen LogP contribution is 2.23. The third-order valence-electron chi connectivity index (χ3n) is 4.86. The van der Waals surface area contributed by atoms with E-state index < -0.39 is 0 Å². The van der Waals surface area contributed by atoms with E-state index in [4.69, 9.17) is 5.73 Å². The summed E-state index contributed by atoms with van der Waals surface area (Å²) in [5, 5.41) is 0. The number of aryl methyl sites for hydroxylation is 1. The molecule has 1 aliphatic rings. The second-order valence-corrected chi connectivity index (χ2v) is 6.81. The Kier molecular flexibility index (Phi) is 6.01. The van der Waals surface area contributed by atoms with Gasteiger partial charge >= 0.3 is 0 Å². The summed E-state index contributed by atoms with van der Waals surface area (Å²) < 4.78 is 0. The zero-order chi connectivity index (χ0) is 16.1. The highest BCUT2D eigenvalue weighted by Gasteiger charge is 2.30. The molecule has 2 N–H and O–H groups in total. The van der Waals surface area contributed by atoms with Crippen LogP contribution in [0.1, 0.15) is 44.2 Å². The molecule has 1 saturated heterocycles. The second kappa shape index (κ2) is 7.77. The number of carbonyl (C=O) groups excluding carboxylic acids is 1. The minimum absolute atomic E-state index is 0.113. The van der Waals surface area contributed by atoms with Crippen molar-refractivity contribution in [3.63, 3.8) is 0 Å². The number of piperidine rings is 1. The van der Waals surface area contributed by atoms with Gasteiger partial charge in [0.1, 0.15) is 0 Å². The number of amides is 1.